The topological polar surface area (TPSA) is 46.9 Å². The van der Waals surface area contributed by atoms with Crippen LogP contribution in [-0.2, 0) is 13.0 Å². The molecule has 5 rings (SSSR count). The number of rotatable bonds is 7. The second kappa shape index (κ2) is 9.59. The van der Waals surface area contributed by atoms with Gasteiger partial charge in [0.2, 0.25) is 0 Å². The van der Waals surface area contributed by atoms with Crippen LogP contribution in [0, 0.1) is 0 Å². The van der Waals surface area contributed by atoms with E-state index in [9.17, 15) is 4.79 Å². The van der Waals surface area contributed by atoms with Gasteiger partial charge in [0.05, 0.1) is 11.0 Å². The molecule has 0 unspecified atom stereocenters. The smallest absolute Gasteiger partial charge is 0.251 e. The standard InChI is InChI=1S/C28H24BrN3O/c29-24-15-13-22(14-16-24)28(33)30-17-5-10-27-31-25-8-3-4-9-26(25)32(27)19-20-11-12-21-6-1-2-7-23(21)18-20/h1-4,6-9,11-16,18H,5,10,17,19H2,(H,30,33). The van der Waals surface area contributed by atoms with Gasteiger partial charge in [-0.2, -0.15) is 0 Å². The summed E-state index contributed by atoms with van der Waals surface area (Å²) in [6, 6.07) is 30.7. The first-order chi connectivity index (χ1) is 16.2. The predicted molar refractivity (Wildman–Crippen MR) is 138 cm³/mol. The van der Waals surface area contributed by atoms with Crippen LogP contribution in [0.4, 0.5) is 0 Å². The SMILES string of the molecule is O=C(NCCCc1nc2ccccc2n1Cc1ccc2ccccc2c1)c1ccc(Br)cc1. The van der Waals surface area contributed by atoms with Gasteiger partial charge >= 0.3 is 0 Å². The molecule has 1 heterocycles. The maximum Gasteiger partial charge on any atom is 0.251 e. The summed E-state index contributed by atoms with van der Waals surface area (Å²) in [5.41, 5.74) is 4.06. The Hall–Kier alpha value is -3.44. The molecule has 0 spiro atoms. The van der Waals surface area contributed by atoms with Crippen molar-refractivity contribution in [2.45, 2.75) is 19.4 Å². The Morgan fingerprint density at radius 3 is 2.48 bits per heavy atom. The van der Waals surface area contributed by atoms with Gasteiger partial charge in [0.1, 0.15) is 5.82 Å². The van der Waals surface area contributed by atoms with E-state index >= 15 is 0 Å². The molecule has 4 nitrogen and oxygen atoms in total. The fraction of sp³-hybridized carbons (Fsp3) is 0.143. The summed E-state index contributed by atoms with van der Waals surface area (Å²) in [6.45, 7) is 1.38. The Labute approximate surface area is 201 Å². The van der Waals surface area contributed by atoms with E-state index in [-0.39, 0.29) is 5.91 Å². The van der Waals surface area contributed by atoms with Gasteiger partial charge in [0.25, 0.3) is 5.91 Å². The quantitative estimate of drug-likeness (QED) is 0.266. The summed E-state index contributed by atoms with van der Waals surface area (Å²) in [5, 5.41) is 5.52. The zero-order valence-electron chi connectivity index (χ0n) is 18.2. The second-order valence-corrected chi connectivity index (χ2v) is 9.07. The fourth-order valence-electron chi connectivity index (χ4n) is 4.16. The summed E-state index contributed by atoms with van der Waals surface area (Å²) in [7, 11) is 0. The zero-order chi connectivity index (χ0) is 22.6. The van der Waals surface area contributed by atoms with E-state index < -0.39 is 0 Å². The minimum absolute atomic E-state index is 0.0489. The molecular weight excluding hydrogens is 474 g/mol. The number of nitrogens with zero attached hydrogens (tertiary/aromatic N) is 2. The number of aromatic nitrogens is 2. The van der Waals surface area contributed by atoms with E-state index in [4.69, 9.17) is 4.98 Å². The van der Waals surface area contributed by atoms with Crippen molar-refractivity contribution >= 4 is 43.6 Å². The third-order valence-corrected chi connectivity index (χ3v) is 6.39. The van der Waals surface area contributed by atoms with Gasteiger partial charge in [0, 0.05) is 29.5 Å². The number of nitrogens with one attached hydrogen (secondary N) is 1. The van der Waals surface area contributed by atoms with Gasteiger partial charge in [-0.1, -0.05) is 64.5 Å². The Balaban J connectivity index is 1.31. The molecule has 0 fully saturated rings. The maximum absolute atomic E-state index is 12.4. The normalized spacial score (nSPS) is 11.2. The number of amides is 1. The zero-order valence-corrected chi connectivity index (χ0v) is 19.8. The van der Waals surface area contributed by atoms with Crippen LogP contribution in [0.2, 0.25) is 0 Å². The molecule has 5 heteroatoms. The van der Waals surface area contributed by atoms with Gasteiger partial charge < -0.3 is 9.88 Å². The number of carbonyl (C=O) groups is 1. The Morgan fingerprint density at radius 2 is 1.64 bits per heavy atom. The van der Waals surface area contributed by atoms with Crippen LogP contribution < -0.4 is 5.32 Å². The minimum Gasteiger partial charge on any atom is -0.352 e. The van der Waals surface area contributed by atoms with Crippen molar-refractivity contribution < 1.29 is 4.79 Å². The van der Waals surface area contributed by atoms with Crippen molar-refractivity contribution in [2.24, 2.45) is 0 Å². The van der Waals surface area contributed by atoms with Gasteiger partial charge in [-0.15, -0.1) is 0 Å². The fourth-order valence-corrected chi connectivity index (χ4v) is 4.43. The lowest BCUT2D eigenvalue weighted by molar-refractivity contribution is 0.0953. The molecule has 0 bridgehead atoms. The van der Waals surface area contributed by atoms with Crippen LogP contribution in [-0.4, -0.2) is 22.0 Å². The first-order valence-electron chi connectivity index (χ1n) is 11.1. The summed E-state index contributed by atoms with van der Waals surface area (Å²) in [6.07, 6.45) is 1.62. The first-order valence-corrected chi connectivity index (χ1v) is 11.9. The Bertz CT molecular complexity index is 1420. The highest BCUT2D eigenvalue weighted by atomic mass is 79.9. The molecule has 0 saturated carbocycles. The maximum atomic E-state index is 12.4. The van der Waals surface area contributed by atoms with Gasteiger partial charge in [-0.3, -0.25) is 4.79 Å². The molecule has 5 aromatic rings. The molecule has 1 N–H and O–H groups in total. The number of hydrogen-bond donors (Lipinski definition) is 1. The van der Waals surface area contributed by atoms with E-state index in [1.165, 1.54) is 16.3 Å². The van der Waals surface area contributed by atoms with Gasteiger partial charge in [-0.05, 0) is 65.2 Å². The van der Waals surface area contributed by atoms with Gasteiger partial charge in [0.15, 0.2) is 0 Å². The molecule has 0 aliphatic rings. The van der Waals surface area contributed by atoms with E-state index in [0.29, 0.717) is 12.1 Å². The monoisotopic (exact) mass is 497 g/mol. The van der Waals surface area contributed by atoms with Crippen LogP contribution >= 0.6 is 15.9 Å². The van der Waals surface area contributed by atoms with Crippen molar-refractivity contribution in [3.8, 4) is 0 Å². The highest BCUT2D eigenvalue weighted by molar-refractivity contribution is 9.10. The van der Waals surface area contributed by atoms with Crippen molar-refractivity contribution in [1.29, 1.82) is 0 Å². The largest absolute Gasteiger partial charge is 0.352 e. The summed E-state index contributed by atoms with van der Waals surface area (Å²) in [5.74, 6) is 0.995. The molecule has 0 aliphatic carbocycles. The Morgan fingerprint density at radius 1 is 0.879 bits per heavy atom. The van der Waals surface area contributed by atoms with Crippen LogP contribution in [0.15, 0.2) is 95.5 Å². The molecule has 1 amide bonds. The average Bonchev–Trinajstić information content (AvgIpc) is 3.19. The summed E-state index contributed by atoms with van der Waals surface area (Å²) in [4.78, 5) is 17.3. The van der Waals surface area contributed by atoms with Crippen molar-refractivity contribution in [3.63, 3.8) is 0 Å². The number of imidazole rings is 1. The molecule has 0 radical (unpaired) electrons. The molecule has 33 heavy (non-hydrogen) atoms. The lowest BCUT2D eigenvalue weighted by atomic mass is 10.1. The van der Waals surface area contributed by atoms with Crippen molar-refractivity contribution in [2.75, 3.05) is 6.54 Å². The third-order valence-electron chi connectivity index (χ3n) is 5.86. The number of carbonyl (C=O) groups excluding carboxylic acids is 1. The molecular formula is C28H24BrN3O. The van der Waals surface area contributed by atoms with Crippen LogP contribution in [0.3, 0.4) is 0 Å². The number of hydrogen-bond acceptors (Lipinski definition) is 2. The van der Waals surface area contributed by atoms with Crippen molar-refractivity contribution in [1.82, 2.24) is 14.9 Å². The van der Waals surface area contributed by atoms with Crippen LogP contribution in [0.25, 0.3) is 21.8 Å². The average molecular weight is 498 g/mol. The van der Waals surface area contributed by atoms with Crippen LogP contribution in [0.1, 0.15) is 28.2 Å². The predicted octanol–water partition coefficient (Wildman–Crippen LogP) is 6.36. The number of fused-ring (bicyclic) bond motifs is 2. The molecule has 164 valence electrons. The molecule has 0 aliphatic heterocycles. The minimum atomic E-state index is -0.0489. The van der Waals surface area contributed by atoms with E-state index in [0.717, 1.165) is 40.7 Å². The molecule has 1 aromatic heterocycles. The highest BCUT2D eigenvalue weighted by Gasteiger charge is 2.12. The Kier molecular flexibility index (Phi) is 6.22. The van der Waals surface area contributed by atoms with E-state index in [2.05, 4.69) is 86.5 Å². The van der Waals surface area contributed by atoms with Crippen molar-refractivity contribution in [3.05, 3.63) is 112 Å². The summed E-state index contributed by atoms with van der Waals surface area (Å²) < 4.78 is 3.26. The highest BCUT2D eigenvalue weighted by Crippen LogP contribution is 2.21. The summed E-state index contributed by atoms with van der Waals surface area (Å²) >= 11 is 3.40. The number of halogens is 1. The van der Waals surface area contributed by atoms with E-state index in [1.54, 1.807) is 0 Å². The molecule has 4 aromatic carbocycles. The van der Waals surface area contributed by atoms with E-state index in [1.807, 2.05) is 30.3 Å². The lowest BCUT2D eigenvalue weighted by Crippen LogP contribution is -2.25. The van der Waals surface area contributed by atoms with Gasteiger partial charge in [-0.25, -0.2) is 4.98 Å². The molecule has 0 saturated heterocycles. The second-order valence-electron chi connectivity index (χ2n) is 8.15. The number of para-hydroxylation sites is 2. The molecule has 0 atom stereocenters. The first kappa shape index (κ1) is 21.4. The van der Waals surface area contributed by atoms with Crippen LogP contribution in [0.5, 0.6) is 0 Å². The third kappa shape index (κ3) is 4.83. The lowest BCUT2D eigenvalue weighted by Gasteiger charge is -2.11. The number of aryl methyl sites for hydroxylation is 1. The number of benzene rings is 4.